The van der Waals surface area contributed by atoms with Crippen LogP contribution in [0.15, 0.2) is 4.79 Å². The summed E-state index contributed by atoms with van der Waals surface area (Å²) in [5.74, 6) is 1.67. The van der Waals surface area contributed by atoms with Crippen molar-refractivity contribution in [3.8, 4) is 0 Å². The molecule has 2 N–H and O–H groups in total. The molecule has 0 radical (unpaired) electrons. The highest BCUT2D eigenvalue weighted by Gasteiger charge is 2.20. The Kier molecular flexibility index (Phi) is 3.46. The molecular formula is C14H21N3O. The van der Waals surface area contributed by atoms with Crippen LogP contribution < -0.4 is 10.9 Å². The van der Waals surface area contributed by atoms with Crippen molar-refractivity contribution in [1.82, 2.24) is 15.3 Å². The predicted molar refractivity (Wildman–Crippen MR) is 70.5 cm³/mol. The molecule has 1 saturated carbocycles. The fourth-order valence-electron chi connectivity index (χ4n) is 2.63. The van der Waals surface area contributed by atoms with Gasteiger partial charge in [0, 0.05) is 5.56 Å². The van der Waals surface area contributed by atoms with E-state index in [1.165, 1.54) is 25.7 Å². The Morgan fingerprint density at radius 3 is 2.89 bits per heavy atom. The lowest BCUT2D eigenvalue weighted by Gasteiger charge is -2.08. The molecule has 2 aliphatic carbocycles. The lowest BCUT2D eigenvalue weighted by atomic mass is 10.1. The zero-order valence-corrected chi connectivity index (χ0v) is 10.8. The van der Waals surface area contributed by atoms with Gasteiger partial charge in [0.05, 0.1) is 12.2 Å². The summed E-state index contributed by atoms with van der Waals surface area (Å²) in [5, 5.41) is 3.38. The Labute approximate surface area is 107 Å². The second kappa shape index (κ2) is 5.22. The molecule has 0 saturated heterocycles. The molecule has 0 aliphatic heterocycles. The van der Waals surface area contributed by atoms with Crippen molar-refractivity contribution in [2.75, 3.05) is 6.54 Å². The zero-order chi connectivity index (χ0) is 12.4. The van der Waals surface area contributed by atoms with E-state index in [9.17, 15) is 4.79 Å². The van der Waals surface area contributed by atoms with E-state index in [2.05, 4.69) is 15.3 Å². The van der Waals surface area contributed by atoms with Crippen molar-refractivity contribution in [1.29, 1.82) is 0 Å². The SMILES string of the molecule is O=c1[nH]c(CNCC2CC2)nc2c1CCCCC2. The molecule has 0 unspecified atom stereocenters. The van der Waals surface area contributed by atoms with Crippen molar-refractivity contribution in [2.24, 2.45) is 5.92 Å². The number of H-pyrrole nitrogens is 1. The van der Waals surface area contributed by atoms with Crippen LogP contribution in [-0.2, 0) is 19.4 Å². The molecule has 4 heteroatoms. The Bertz CT molecular complexity index is 476. The van der Waals surface area contributed by atoms with Crippen LogP contribution in [0.25, 0.3) is 0 Å². The molecule has 98 valence electrons. The van der Waals surface area contributed by atoms with Crippen molar-refractivity contribution in [3.05, 3.63) is 27.4 Å². The maximum Gasteiger partial charge on any atom is 0.254 e. The first kappa shape index (κ1) is 11.9. The quantitative estimate of drug-likeness (QED) is 0.793. The normalized spacial score (nSPS) is 19.3. The third kappa shape index (κ3) is 2.80. The van der Waals surface area contributed by atoms with Gasteiger partial charge in [-0.2, -0.15) is 0 Å². The molecule has 1 fully saturated rings. The highest BCUT2D eigenvalue weighted by Crippen LogP contribution is 2.27. The monoisotopic (exact) mass is 247 g/mol. The predicted octanol–water partition coefficient (Wildman–Crippen LogP) is 1.54. The van der Waals surface area contributed by atoms with Gasteiger partial charge in [0.2, 0.25) is 0 Å². The average Bonchev–Trinajstić information content (AvgIpc) is 3.15. The number of aromatic nitrogens is 2. The van der Waals surface area contributed by atoms with E-state index in [1.54, 1.807) is 0 Å². The summed E-state index contributed by atoms with van der Waals surface area (Å²) < 4.78 is 0. The third-order valence-electron chi connectivity index (χ3n) is 3.91. The van der Waals surface area contributed by atoms with Crippen LogP contribution in [-0.4, -0.2) is 16.5 Å². The molecule has 1 aromatic rings. The molecule has 1 aromatic heterocycles. The molecule has 3 rings (SSSR count). The van der Waals surface area contributed by atoms with Gasteiger partial charge in [0.1, 0.15) is 5.82 Å². The van der Waals surface area contributed by atoms with E-state index in [0.29, 0.717) is 6.54 Å². The molecule has 2 aliphatic rings. The van der Waals surface area contributed by atoms with Crippen molar-refractivity contribution < 1.29 is 0 Å². The molecule has 0 bridgehead atoms. The highest BCUT2D eigenvalue weighted by atomic mass is 16.1. The first-order valence-electron chi connectivity index (χ1n) is 7.14. The number of nitrogens with zero attached hydrogens (tertiary/aromatic N) is 1. The lowest BCUT2D eigenvalue weighted by molar-refractivity contribution is 0.613. The number of fused-ring (bicyclic) bond motifs is 1. The van der Waals surface area contributed by atoms with Crippen LogP contribution in [0.3, 0.4) is 0 Å². The van der Waals surface area contributed by atoms with Crippen molar-refractivity contribution in [3.63, 3.8) is 0 Å². The van der Waals surface area contributed by atoms with Crippen LogP contribution in [0.2, 0.25) is 0 Å². The van der Waals surface area contributed by atoms with Gasteiger partial charge in [-0.05, 0) is 51.0 Å². The van der Waals surface area contributed by atoms with Crippen molar-refractivity contribution in [2.45, 2.75) is 51.5 Å². The van der Waals surface area contributed by atoms with Gasteiger partial charge in [-0.15, -0.1) is 0 Å². The van der Waals surface area contributed by atoms with Gasteiger partial charge in [0.15, 0.2) is 0 Å². The number of aryl methyl sites for hydroxylation is 1. The maximum atomic E-state index is 12.0. The Hall–Kier alpha value is -1.16. The summed E-state index contributed by atoms with van der Waals surface area (Å²) in [4.78, 5) is 19.6. The van der Waals surface area contributed by atoms with E-state index in [-0.39, 0.29) is 5.56 Å². The summed E-state index contributed by atoms with van der Waals surface area (Å²) >= 11 is 0. The van der Waals surface area contributed by atoms with Crippen LogP contribution in [0.5, 0.6) is 0 Å². The molecule has 18 heavy (non-hydrogen) atoms. The van der Waals surface area contributed by atoms with Gasteiger partial charge in [-0.1, -0.05) is 6.42 Å². The topological polar surface area (TPSA) is 57.8 Å². The van der Waals surface area contributed by atoms with Gasteiger partial charge in [0.25, 0.3) is 5.56 Å². The van der Waals surface area contributed by atoms with E-state index < -0.39 is 0 Å². The first-order valence-corrected chi connectivity index (χ1v) is 7.14. The summed E-state index contributed by atoms with van der Waals surface area (Å²) in [6.07, 6.45) is 8.06. The molecule has 4 nitrogen and oxygen atoms in total. The number of hydrogen-bond donors (Lipinski definition) is 2. The van der Waals surface area contributed by atoms with Gasteiger partial charge < -0.3 is 10.3 Å². The Balaban J connectivity index is 1.72. The standard InChI is InChI=1S/C14H21N3O/c18-14-11-4-2-1-3-5-12(11)16-13(17-14)9-15-8-10-6-7-10/h10,15H,1-9H2,(H,16,17,18). The largest absolute Gasteiger partial charge is 0.310 e. The second-order valence-corrected chi connectivity index (χ2v) is 5.57. The molecule has 1 heterocycles. The minimum absolute atomic E-state index is 0.0881. The van der Waals surface area contributed by atoms with E-state index in [4.69, 9.17) is 0 Å². The van der Waals surface area contributed by atoms with Crippen LogP contribution in [0.1, 0.15) is 49.2 Å². The molecule has 0 atom stereocenters. The number of aromatic amines is 1. The third-order valence-corrected chi connectivity index (χ3v) is 3.91. The van der Waals surface area contributed by atoms with Crippen LogP contribution in [0, 0.1) is 5.92 Å². The van der Waals surface area contributed by atoms with Crippen LogP contribution in [0.4, 0.5) is 0 Å². The first-order chi connectivity index (χ1) is 8.83. The lowest BCUT2D eigenvalue weighted by Crippen LogP contribution is -2.24. The Morgan fingerprint density at radius 1 is 1.22 bits per heavy atom. The maximum absolute atomic E-state index is 12.0. The summed E-state index contributed by atoms with van der Waals surface area (Å²) in [5.41, 5.74) is 2.06. The Morgan fingerprint density at radius 2 is 2.06 bits per heavy atom. The average molecular weight is 247 g/mol. The molecule has 0 spiro atoms. The van der Waals surface area contributed by atoms with E-state index in [0.717, 1.165) is 48.8 Å². The fraction of sp³-hybridized carbons (Fsp3) is 0.714. The number of nitrogens with one attached hydrogen (secondary N) is 2. The minimum Gasteiger partial charge on any atom is -0.310 e. The molecular weight excluding hydrogens is 226 g/mol. The van der Waals surface area contributed by atoms with Crippen molar-refractivity contribution >= 4 is 0 Å². The fourth-order valence-corrected chi connectivity index (χ4v) is 2.63. The zero-order valence-electron chi connectivity index (χ0n) is 10.8. The minimum atomic E-state index is 0.0881. The van der Waals surface area contributed by atoms with Gasteiger partial charge in [-0.3, -0.25) is 4.79 Å². The van der Waals surface area contributed by atoms with Gasteiger partial charge in [-0.25, -0.2) is 4.98 Å². The van der Waals surface area contributed by atoms with E-state index >= 15 is 0 Å². The van der Waals surface area contributed by atoms with Gasteiger partial charge >= 0.3 is 0 Å². The summed E-state index contributed by atoms with van der Waals surface area (Å²) in [7, 11) is 0. The summed E-state index contributed by atoms with van der Waals surface area (Å²) in [6, 6.07) is 0. The highest BCUT2D eigenvalue weighted by molar-refractivity contribution is 5.19. The van der Waals surface area contributed by atoms with E-state index in [1.807, 2.05) is 0 Å². The smallest absolute Gasteiger partial charge is 0.254 e. The number of hydrogen-bond acceptors (Lipinski definition) is 3. The molecule has 0 amide bonds. The number of rotatable bonds is 4. The molecule has 0 aromatic carbocycles. The van der Waals surface area contributed by atoms with Crippen LogP contribution >= 0.6 is 0 Å². The summed E-state index contributed by atoms with van der Waals surface area (Å²) in [6.45, 7) is 1.75. The second-order valence-electron chi connectivity index (χ2n) is 5.57.